The van der Waals surface area contributed by atoms with Crippen molar-refractivity contribution in [2.75, 3.05) is 6.26 Å². The van der Waals surface area contributed by atoms with Crippen molar-refractivity contribution >= 4 is 23.3 Å². The molecule has 0 aliphatic heterocycles. The van der Waals surface area contributed by atoms with Gasteiger partial charge in [0.05, 0.1) is 11.9 Å². The minimum absolute atomic E-state index is 0.0414. The van der Waals surface area contributed by atoms with Crippen molar-refractivity contribution in [3.8, 4) is 0 Å². The predicted octanol–water partition coefficient (Wildman–Crippen LogP) is 10.2. The predicted molar refractivity (Wildman–Crippen MR) is 187 cm³/mol. The Morgan fingerprint density at radius 2 is 1.69 bits per heavy atom. The summed E-state index contributed by atoms with van der Waals surface area (Å²) >= 11 is 1.72. The average molecular weight is 635 g/mol. The topological polar surface area (TPSA) is 66.8 Å². The number of aliphatic carboxylic acids is 1. The molecule has 4 nitrogen and oxygen atoms in total. The molecule has 1 unspecified atom stereocenters. The van der Waals surface area contributed by atoms with Crippen LogP contribution in [0.5, 0.6) is 0 Å². The van der Waals surface area contributed by atoms with Gasteiger partial charge < -0.3 is 14.9 Å². The highest BCUT2D eigenvalue weighted by atomic mass is 32.2. The van der Waals surface area contributed by atoms with E-state index in [1.165, 1.54) is 35.3 Å². The normalized spacial score (nSPS) is 40.1. The van der Waals surface area contributed by atoms with Crippen LogP contribution in [0.2, 0.25) is 0 Å². The van der Waals surface area contributed by atoms with Gasteiger partial charge in [-0.25, -0.2) is 4.79 Å². The summed E-state index contributed by atoms with van der Waals surface area (Å²) in [6.07, 6.45) is 8.38. The van der Waals surface area contributed by atoms with E-state index in [9.17, 15) is 15.0 Å². The summed E-state index contributed by atoms with van der Waals surface area (Å²) in [6.45, 7) is 22.4. The molecule has 0 radical (unpaired) electrons. The molecule has 45 heavy (non-hydrogen) atoms. The van der Waals surface area contributed by atoms with Crippen LogP contribution in [0.25, 0.3) is 5.57 Å². The van der Waals surface area contributed by atoms with E-state index in [1.54, 1.807) is 11.8 Å². The number of hydrogen-bond donors (Lipinski definition) is 2. The van der Waals surface area contributed by atoms with Crippen molar-refractivity contribution < 1.29 is 19.7 Å². The van der Waals surface area contributed by atoms with Crippen molar-refractivity contribution in [3.05, 3.63) is 58.9 Å². The van der Waals surface area contributed by atoms with Crippen LogP contribution in [0.1, 0.15) is 112 Å². The van der Waals surface area contributed by atoms with Crippen molar-refractivity contribution in [1.82, 2.24) is 0 Å². The van der Waals surface area contributed by atoms with E-state index in [-0.39, 0.29) is 34.2 Å². The zero-order valence-electron chi connectivity index (χ0n) is 29.3. The van der Waals surface area contributed by atoms with Gasteiger partial charge in [0.25, 0.3) is 0 Å². The molecule has 0 bridgehead atoms. The van der Waals surface area contributed by atoms with E-state index in [1.807, 2.05) is 6.92 Å². The monoisotopic (exact) mass is 634 g/mol. The highest BCUT2D eigenvalue weighted by molar-refractivity contribution is 7.98. The largest absolute Gasteiger partial charge is 0.491 e. The van der Waals surface area contributed by atoms with Crippen LogP contribution in [-0.4, -0.2) is 34.6 Å². The van der Waals surface area contributed by atoms with E-state index >= 15 is 0 Å². The molecule has 4 aliphatic carbocycles. The van der Waals surface area contributed by atoms with Crippen LogP contribution in [0.3, 0.4) is 0 Å². The van der Waals surface area contributed by atoms with Crippen molar-refractivity contribution in [2.24, 2.45) is 45.8 Å². The zero-order chi connectivity index (χ0) is 33.1. The fourth-order valence-corrected chi connectivity index (χ4v) is 11.7. The second-order valence-electron chi connectivity index (χ2n) is 16.2. The zero-order valence-corrected chi connectivity index (χ0v) is 30.2. The van der Waals surface area contributed by atoms with Crippen molar-refractivity contribution in [3.63, 3.8) is 0 Å². The lowest BCUT2D eigenvalue weighted by atomic mass is 9.36. The van der Waals surface area contributed by atoms with Crippen molar-refractivity contribution in [2.45, 2.75) is 124 Å². The maximum atomic E-state index is 13.2. The lowest BCUT2D eigenvalue weighted by Crippen LogP contribution is -2.65. The molecule has 0 amide bonds. The number of carboxylic acid groups (broad SMARTS) is 1. The summed E-state index contributed by atoms with van der Waals surface area (Å²) < 4.78 is 6.49. The van der Waals surface area contributed by atoms with Crippen LogP contribution >= 0.6 is 11.8 Å². The number of allylic oxidation sites excluding steroid dienone is 3. The summed E-state index contributed by atoms with van der Waals surface area (Å²) in [6, 6.07) is 8.59. The van der Waals surface area contributed by atoms with Crippen LogP contribution in [-0.2, 0) is 9.53 Å². The minimum Gasteiger partial charge on any atom is -0.491 e. The Morgan fingerprint density at radius 1 is 1.02 bits per heavy atom. The van der Waals surface area contributed by atoms with E-state index in [4.69, 9.17) is 4.74 Å². The van der Waals surface area contributed by atoms with Gasteiger partial charge in [0.15, 0.2) is 0 Å². The van der Waals surface area contributed by atoms with Crippen LogP contribution in [0, 0.1) is 45.8 Å². The van der Waals surface area contributed by atoms with Gasteiger partial charge in [-0.1, -0.05) is 58.9 Å². The quantitative estimate of drug-likeness (QED) is 0.169. The SMILES string of the molecule is C=C(C)OC1C[C@@]2(C)[C@@H](C[C@@H](O)[C@H]3[C@@]4(C)CC[C@@H](C)[C@H](C)[C@@H]4CC[C@@]32C)/C1=C(/CCC(=C(C)C)c1ccc(SC)cc1)C(=O)O. The van der Waals surface area contributed by atoms with Gasteiger partial charge in [0, 0.05) is 10.5 Å². The molecule has 4 aliphatic rings. The van der Waals surface area contributed by atoms with E-state index in [2.05, 4.69) is 85.6 Å². The second-order valence-corrected chi connectivity index (χ2v) is 17.0. The molecule has 0 aromatic heterocycles. The van der Waals surface area contributed by atoms with Crippen LogP contribution < -0.4 is 0 Å². The molecule has 0 saturated heterocycles. The Hall–Kier alpha value is -1.98. The summed E-state index contributed by atoms with van der Waals surface area (Å²) in [5.41, 5.74) is 4.73. The Morgan fingerprint density at radius 3 is 2.27 bits per heavy atom. The first-order valence-electron chi connectivity index (χ1n) is 17.4. The van der Waals surface area contributed by atoms with Gasteiger partial charge in [0.1, 0.15) is 6.10 Å². The first-order chi connectivity index (χ1) is 21.1. The highest BCUT2D eigenvalue weighted by Gasteiger charge is 2.70. The smallest absolute Gasteiger partial charge is 0.331 e. The van der Waals surface area contributed by atoms with E-state index in [0.717, 1.165) is 29.9 Å². The third kappa shape index (κ3) is 5.66. The summed E-state index contributed by atoms with van der Waals surface area (Å²) in [4.78, 5) is 14.4. The molecule has 10 atom stereocenters. The number of hydrogen-bond acceptors (Lipinski definition) is 4. The molecular weight excluding hydrogens is 577 g/mol. The van der Waals surface area contributed by atoms with Gasteiger partial charge in [-0.2, -0.15) is 0 Å². The molecule has 2 N–H and O–H groups in total. The lowest BCUT2D eigenvalue weighted by Gasteiger charge is -2.69. The molecule has 5 heteroatoms. The highest BCUT2D eigenvalue weighted by Crippen LogP contribution is 2.74. The standard InChI is InChI=1S/C40H58O4S/c1-23(2)29(27-11-13-28(45-10)14-12-27)15-16-30(37(42)43)35-32-21-33(41)36-38(7)19-17-25(5)26(6)31(38)18-20-39(36,8)40(32,9)22-34(35)44-24(3)4/h11-14,25-26,31-34,36,41H,3,15-22H2,1-2,4-10H3,(H,42,43)/b35-30+/t25-,26+,31+,32+,33-,34?,36+,38+,39+,40+/m1/s1. The molecule has 0 spiro atoms. The van der Waals surface area contributed by atoms with Gasteiger partial charge in [0.2, 0.25) is 0 Å². The number of rotatable bonds is 8. The number of aliphatic hydroxyl groups excluding tert-OH is 1. The molecule has 248 valence electrons. The average Bonchev–Trinajstić information content (AvgIpc) is 3.24. The Balaban J connectivity index is 1.56. The van der Waals surface area contributed by atoms with Crippen molar-refractivity contribution in [1.29, 1.82) is 0 Å². The third-order valence-electron chi connectivity index (χ3n) is 13.8. The lowest BCUT2D eigenvalue weighted by molar-refractivity contribution is -0.229. The fraction of sp³-hybridized carbons (Fsp3) is 0.675. The number of aliphatic hydroxyl groups is 1. The first kappa shape index (κ1) is 34.4. The van der Waals surface area contributed by atoms with Crippen LogP contribution in [0.15, 0.2) is 58.2 Å². The van der Waals surface area contributed by atoms with Gasteiger partial charge in [-0.3, -0.25) is 0 Å². The summed E-state index contributed by atoms with van der Waals surface area (Å²) in [7, 11) is 0. The maximum absolute atomic E-state index is 13.2. The Bertz CT molecular complexity index is 1370. The number of ether oxygens (including phenoxy) is 1. The minimum atomic E-state index is -0.858. The number of benzene rings is 1. The van der Waals surface area contributed by atoms with E-state index < -0.39 is 12.1 Å². The van der Waals surface area contributed by atoms with E-state index in [0.29, 0.717) is 42.4 Å². The molecule has 0 heterocycles. The molecular formula is C40H58O4S. The van der Waals surface area contributed by atoms with Gasteiger partial charge in [-0.15, -0.1) is 11.8 Å². The van der Waals surface area contributed by atoms with Crippen LogP contribution in [0.4, 0.5) is 0 Å². The number of fused-ring (bicyclic) bond motifs is 5. The Labute approximate surface area is 277 Å². The third-order valence-corrected chi connectivity index (χ3v) is 14.5. The first-order valence-corrected chi connectivity index (χ1v) is 18.6. The number of thioether (sulfide) groups is 1. The molecule has 1 aromatic rings. The molecule has 4 saturated carbocycles. The van der Waals surface area contributed by atoms with Gasteiger partial charge in [-0.05, 0) is 153 Å². The summed E-state index contributed by atoms with van der Waals surface area (Å²) in [5.74, 6) is 1.91. The number of carboxylic acids is 1. The number of carbonyl (C=O) groups is 1. The molecule has 5 rings (SSSR count). The maximum Gasteiger partial charge on any atom is 0.331 e. The second kappa shape index (κ2) is 12.6. The Kier molecular flexibility index (Phi) is 9.59. The molecule has 1 aromatic carbocycles. The fourth-order valence-electron chi connectivity index (χ4n) is 11.3. The van der Waals surface area contributed by atoms with Gasteiger partial charge >= 0.3 is 5.97 Å². The summed E-state index contributed by atoms with van der Waals surface area (Å²) in [5, 5.41) is 23.1. The molecule has 4 fully saturated rings.